The van der Waals surface area contributed by atoms with E-state index in [0.29, 0.717) is 16.8 Å². The second kappa shape index (κ2) is 5.70. The molecule has 0 saturated heterocycles. The number of nitrogens with zero attached hydrogens (tertiary/aromatic N) is 1. The summed E-state index contributed by atoms with van der Waals surface area (Å²) in [5, 5.41) is 11.3. The van der Waals surface area contributed by atoms with Crippen LogP contribution < -0.4 is 4.90 Å². The number of aliphatic hydroxyl groups is 1. The summed E-state index contributed by atoms with van der Waals surface area (Å²) in [5.41, 5.74) is -0.648. The maximum absolute atomic E-state index is 13.1. The van der Waals surface area contributed by atoms with E-state index in [2.05, 4.69) is 0 Å². The molecule has 0 bridgehead atoms. The van der Waals surface area contributed by atoms with Gasteiger partial charge in [0.05, 0.1) is 5.69 Å². The van der Waals surface area contributed by atoms with Crippen LogP contribution in [0.3, 0.4) is 0 Å². The number of hydrogen-bond acceptors (Lipinski definition) is 4. The van der Waals surface area contributed by atoms with Gasteiger partial charge in [-0.2, -0.15) is 0 Å². The molecule has 0 unspecified atom stereocenters. The summed E-state index contributed by atoms with van der Waals surface area (Å²) in [6.07, 6.45) is -0.797. The van der Waals surface area contributed by atoms with Crippen molar-refractivity contribution in [3.8, 4) is 0 Å². The third kappa shape index (κ3) is 2.81. The molecular weight excluding hydrogens is 318 g/mol. The SMILES string of the molecule is Cc1ccc2c(c1)[C@](O)(c1ccccc1)C(=O)N2C(=O)OC(C)(C)C. The van der Waals surface area contributed by atoms with Crippen LogP contribution in [0.4, 0.5) is 10.5 Å². The Hall–Kier alpha value is -2.66. The number of anilines is 1. The van der Waals surface area contributed by atoms with Crippen LogP contribution in [0.15, 0.2) is 48.5 Å². The molecule has 5 heteroatoms. The second-order valence-electron chi connectivity index (χ2n) is 7.22. The van der Waals surface area contributed by atoms with Crippen LogP contribution in [0.25, 0.3) is 0 Å². The second-order valence-corrected chi connectivity index (χ2v) is 7.22. The highest BCUT2D eigenvalue weighted by molar-refractivity contribution is 6.21. The maximum Gasteiger partial charge on any atom is 0.421 e. The lowest BCUT2D eigenvalue weighted by Crippen LogP contribution is -2.45. The molecule has 0 spiro atoms. The molecule has 0 aliphatic carbocycles. The van der Waals surface area contributed by atoms with Gasteiger partial charge in [0.15, 0.2) is 5.60 Å². The zero-order chi connectivity index (χ0) is 18.4. The van der Waals surface area contributed by atoms with E-state index in [4.69, 9.17) is 4.74 Å². The molecule has 3 rings (SSSR count). The van der Waals surface area contributed by atoms with Gasteiger partial charge in [-0.25, -0.2) is 9.69 Å². The van der Waals surface area contributed by atoms with E-state index in [-0.39, 0.29) is 0 Å². The van der Waals surface area contributed by atoms with Crippen molar-refractivity contribution in [2.45, 2.75) is 38.9 Å². The first-order valence-electron chi connectivity index (χ1n) is 8.11. The van der Waals surface area contributed by atoms with Crippen molar-refractivity contribution in [3.05, 3.63) is 65.2 Å². The van der Waals surface area contributed by atoms with Gasteiger partial charge in [-0.1, -0.05) is 48.0 Å². The van der Waals surface area contributed by atoms with Gasteiger partial charge in [-0.3, -0.25) is 4.79 Å². The lowest BCUT2D eigenvalue weighted by molar-refractivity contribution is -0.131. The topological polar surface area (TPSA) is 66.8 Å². The smallest absolute Gasteiger partial charge is 0.421 e. The van der Waals surface area contributed by atoms with E-state index in [0.717, 1.165) is 10.5 Å². The van der Waals surface area contributed by atoms with Crippen molar-refractivity contribution in [1.82, 2.24) is 0 Å². The fraction of sp³-hybridized carbons (Fsp3) is 0.300. The standard InChI is InChI=1S/C20H21NO4/c1-13-10-11-16-15(12-13)20(24,14-8-6-5-7-9-14)17(22)21(16)18(23)25-19(2,3)4/h5-12,24H,1-4H3/t20-/m1/s1. The molecule has 1 aliphatic rings. The number of ether oxygens (including phenoxy) is 1. The van der Waals surface area contributed by atoms with E-state index >= 15 is 0 Å². The first-order valence-corrected chi connectivity index (χ1v) is 8.11. The Bertz CT molecular complexity index is 839. The van der Waals surface area contributed by atoms with Crippen molar-refractivity contribution >= 4 is 17.7 Å². The molecule has 130 valence electrons. The highest BCUT2D eigenvalue weighted by atomic mass is 16.6. The summed E-state index contributed by atoms with van der Waals surface area (Å²) in [6, 6.07) is 13.8. The number of imide groups is 1. The van der Waals surface area contributed by atoms with Crippen LogP contribution in [0.5, 0.6) is 0 Å². The third-order valence-corrected chi connectivity index (χ3v) is 4.06. The average Bonchev–Trinajstić information content (AvgIpc) is 2.76. The number of hydrogen-bond donors (Lipinski definition) is 1. The van der Waals surface area contributed by atoms with Crippen LogP contribution in [0, 0.1) is 6.92 Å². The molecule has 5 nitrogen and oxygen atoms in total. The molecule has 2 amide bonds. The van der Waals surface area contributed by atoms with Crippen molar-refractivity contribution < 1.29 is 19.4 Å². The Balaban J connectivity index is 2.17. The average molecular weight is 339 g/mol. The van der Waals surface area contributed by atoms with E-state index in [1.807, 2.05) is 6.92 Å². The lowest BCUT2D eigenvalue weighted by atomic mass is 9.87. The Morgan fingerprint density at radius 2 is 1.76 bits per heavy atom. The van der Waals surface area contributed by atoms with Gasteiger partial charge in [-0.15, -0.1) is 0 Å². The van der Waals surface area contributed by atoms with Gasteiger partial charge in [0.25, 0.3) is 5.91 Å². The van der Waals surface area contributed by atoms with Gasteiger partial charge < -0.3 is 9.84 Å². The van der Waals surface area contributed by atoms with Crippen LogP contribution >= 0.6 is 0 Å². The largest absolute Gasteiger partial charge is 0.443 e. The molecule has 0 saturated carbocycles. The highest BCUT2D eigenvalue weighted by Crippen LogP contribution is 2.45. The van der Waals surface area contributed by atoms with Crippen LogP contribution in [0.2, 0.25) is 0 Å². The lowest BCUT2D eigenvalue weighted by Gasteiger charge is -2.25. The van der Waals surface area contributed by atoms with Crippen molar-refractivity contribution in [1.29, 1.82) is 0 Å². The zero-order valence-electron chi connectivity index (χ0n) is 14.7. The molecule has 0 fully saturated rings. The number of amides is 2. The molecule has 1 heterocycles. The number of benzene rings is 2. The van der Waals surface area contributed by atoms with E-state index in [1.165, 1.54) is 0 Å². The Morgan fingerprint density at radius 1 is 1.12 bits per heavy atom. The number of carbonyl (C=O) groups excluding carboxylic acids is 2. The fourth-order valence-electron chi connectivity index (χ4n) is 2.97. The third-order valence-electron chi connectivity index (χ3n) is 4.06. The summed E-state index contributed by atoms with van der Waals surface area (Å²) in [6.45, 7) is 7.05. The number of fused-ring (bicyclic) bond motifs is 1. The molecule has 2 aromatic carbocycles. The number of carbonyl (C=O) groups is 2. The number of rotatable bonds is 1. The molecule has 0 radical (unpaired) electrons. The predicted molar refractivity (Wildman–Crippen MR) is 94.3 cm³/mol. The summed E-state index contributed by atoms with van der Waals surface area (Å²) >= 11 is 0. The van der Waals surface area contributed by atoms with Crippen LogP contribution in [0.1, 0.15) is 37.5 Å². The molecule has 1 aliphatic heterocycles. The summed E-state index contributed by atoms with van der Waals surface area (Å²) in [4.78, 5) is 26.6. The van der Waals surface area contributed by atoms with Crippen LogP contribution in [-0.2, 0) is 15.1 Å². The Labute approximate surface area is 146 Å². The van der Waals surface area contributed by atoms with Gasteiger partial charge in [0.2, 0.25) is 0 Å². The predicted octanol–water partition coefficient (Wildman–Crippen LogP) is 3.51. The van der Waals surface area contributed by atoms with Crippen molar-refractivity contribution in [2.24, 2.45) is 0 Å². The highest BCUT2D eigenvalue weighted by Gasteiger charge is 2.54. The van der Waals surface area contributed by atoms with E-state index < -0.39 is 23.2 Å². The maximum atomic E-state index is 13.1. The molecule has 25 heavy (non-hydrogen) atoms. The van der Waals surface area contributed by atoms with E-state index in [1.54, 1.807) is 69.3 Å². The van der Waals surface area contributed by atoms with Gasteiger partial charge >= 0.3 is 6.09 Å². The first kappa shape index (κ1) is 17.2. The number of aryl methyl sites for hydroxylation is 1. The summed E-state index contributed by atoms with van der Waals surface area (Å²) in [7, 11) is 0. The molecule has 1 N–H and O–H groups in total. The Morgan fingerprint density at radius 3 is 2.36 bits per heavy atom. The quantitative estimate of drug-likeness (QED) is 0.863. The van der Waals surface area contributed by atoms with Gasteiger partial charge in [-0.05, 0) is 39.3 Å². The molecule has 2 aromatic rings. The minimum absolute atomic E-state index is 0.344. The van der Waals surface area contributed by atoms with Crippen LogP contribution in [-0.4, -0.2) is 22.7 Å². The minimum Gasteiger partial charge on any atom is -0.443 e. The fourth-order valence-corrected chi connectivity index (χ4v) is 2.97. The molecular formula is C20H21NO4. The minimum atomic E-state index is -1.92. The first-order chi connectivity index (χ1) is 11.6. The Kier molecular flexibility index (Phi) is 3.92. The van der Waals surface area contributed by atoms with E-state index in [9.17, 15) is 14.7 Å². The van der Waals surface area contributed by atoms with Crippen molar-refractivity contribution in [3.63, 3.8) is 0 Å². The van der Waals surface area contributed by atoms with Crippen molar-refractivity contribution in [2.75, 3.05) is 4.90 Å². The zero-order valence-corrected chi connectivity index (χ0v) is 14.7. The normalized spacial score (nSPS) is 19.7. The monoisotopic (exact) mass is 339 g/mol. The molecule has 1 atom stereocenters. The van der Waals surface area contributed by atoms with Gasteiger partial charge in [0.1, 0.15) is 5.60 Å². The summed E-state index contributed by atoms with van der Waals surface area (Å²) in [5.74, 6) is -0.728. The van der Waals surface area contributed by atoms with Gasteiger partial charge in [0, 0.05) is 5.56 Å². The summed E-state index contributed by atoms with van der Waals surface area (Å²) < 4.78 is 5.36. The molecule has 0 aromatic heterocycles.